The molecule has 22 heavy (non-hydrogen) atoms. The van der Waals surface area contributed by atoms with Gasteiger partial charge < -0.3 is 15.6 Å². The molecule has 0 saturated heterocycles. The van der Waals surface area contributed by atoms with E-state index in [0.717, 1.165) is 0 Å². The lowest BCUT2D eigenvalue weighted by molar-refractivity contribution is -0.160. The fourth-order valence-corrected chi connectivity index (χ4v) is 2.10. The summed E-state index contributed by atoms with van der Waals surface area (Å²) < 4.78 is 4.73. The van der Waals surface area contributed by atoms with E-state index in [1.165, 1.54) is 0 Å². The van der Waals surface area contributed by atoms with Crippen LogP contribution in [0.4, 0.5) is 0 Å². The van der Waals surface area contributed by atoms with Crippen LogP contribution >= 0.6 is 15.9 Å². The molecule has 0 bridgehead atoms. The lowest BCUT2D eigenvalue weighted by Gasteiger charge is -2.22. The molecule has 0 aliphatic rings. The Labute approximate surface area is 136 Å². The Balaban J connectivity index is 2.98. The summed E-state index contributed by atoms with van der Waals surface area (Å²) in [5.74, 6) is -2.54. The minimum Gasteiger partial charge on any atom is -0.479 e. The van der Waals surface area contributed by atoms with E-state index in [1.807, 2.05) is 0 Å². The quantitative estimate of drug-likeness (QED) is 0.326. The zero-order valence-corrected chi connectivity index (χ0v) is 13.9. The molecule has 0 heterocycles. The van der Waals surface area contributed by atoms with Crippen LogP contribution in [-0.4, -0.2) is 39.8 Å². The number of benzene rings is 1. The molecule has 0 spiro atoms. The Kier molecular flexibility index (Phi) is 6.25. The molecule has 0 fully saturated rings. The van der Waals surface area contributed by atoms with E-state index in [4.69, 9.17) is 10.5 Å². The molecule has 7 heteroatoms. The van der Waals surface area contributed by atoms with Gasteiger partial charge in [-0.05, 0) is 19.4 Å². The molecular weight excluding hydrogens is 354 g/mol. The molecule has 0 aromatic heterocycles. The maximum atomic E-state index is 11.8. The number of aliphatic carboxylic acids is 1. The van der Waals surface area contributed by atoms with E-state index in [0.29, 0.717) is 11.1 Å². The number of nitrogens with two attached hydrogens (primary N) is 1. The van der Waals surface area contributed by atoms with Crippen molar-refractivity contribution in [3.05, 3.63) is 35.4 Å². The van der Waals surface area contributed by atoms with Crippen LogP contribution in [0.3, 0.4) is 0 Å². The van der Waals surface area contributed by atoms with Gasteiger partial charge in [0.15, 0.2) is 5.78 Å². The minimum atomic E-state index is -2.15. The van der Waals surface area contributed by atoms with Gasteiger partial charge in [-0.25, -0.2) is 9.59 Å². The largest absolute Gasteiger partial charge is 0.479 e. The molecule has 0 amide bonds. The molecule has 0 saturated carbocycles. The van der Waals surface area contributed by atoms with Crippen LogP contribution in [0, 0.1) is 0 Å². The molecule has 120 valence electrons. The van der Waals surface area contributed by atoms with Crippen LogP contribution in [0.15, 0.2) is 24.3 Å². The lowest BCUT2D eigenvalue weighted by Crippen LogP contribution is -2.57. The number of esters is 1. The predicted molar refractivity (Wildman–Crippen MR) is 84.1 cm³/mol. The third-order valence-electron chi connectivity index (χ3n) is 3.10. The summed E-state index contributed by atoms with van der Waals surface area (Å²) in [5.41, 5.74) is 4.56. The van der Waals surface area contributed by atoms with Crippen LogP contribution in [0.25, 0.3) is 0 Å². The van der Waals surface area contributed by atoms with Crippen molar-refractivity contribution < 1.29 is 24.2 Å². The highest BCUT2D eigenvalue weighted by molar-refractivity contribution is 9.10. The highest BCUT2D eigenvalue weighted by Gasteiger charge is 2.44. The summed E-state index contributed by atoms with van der Waals surface area (Å²) in [6.45, 7) is 3.33. The molecule has 2 unspecified atom stereocenters. The van der Waals surface area contributed by atoms with Gasteiger partial charge >= 0.3 is 11.9 Å². The molecule has 0 aliphatic carbocycles. The molecule has 0 radical (unpaired) electrons. The van der Waals surface area contributed by atoms with Crippen molar-refractivity contribution in [2.45, 2.75) is 30.6 Å². The van der Waals surface area contributed by atoms with Crippen molar-refractivity contribution in [2.75, 3.05) is 6.61 Å². The van der Waals surface area contributed by atoms with Crippen molar-refractivity contribution in [1.29, 1.82) is 0 Å². The second kappa shape index (κ2) is 7.51. The zero-order chi connectivity index (χ0) is 16.9. The Morgan fingerprint density at radius 3 is 2.27 bits per heavy atom. The molecule has 1 aromatic carbocycles. The van der Waals surface area contributed by atoms with E-state index in [1.54, 1.807) is 38.1 Å². The summed E-state index contributed by atoms with van der Waals surface area (Å²) in [6, 6.07) is 6.30. The Bertz CT molecular complexity index is 570. The number of alkyl halides is 1. The smallest absolute Gasteiger partial charge is 0.338 e. The van der Waals surface area contributed by atoms with Gasteiger partial charge in [0.2, 0.25) is 5.54 Å². The number of halogens is 1. The first kappa shape index (κ1) is 18.3. The number of hydrogen-bond donors (Lipinski definition) is 2. The fraction of sp³-hybridized carbons (Fsp3) is 0.400. The van der Waals surface area contributed by atoms with Gasteiger partial charge in [-0.2, -0.15) is 0 Å². The van der Waals surface area contributed by atoms with Crippen LogP contribution in [0.1, 0.15) is 29.8 Å². The Morgan fingerprint density at radius 2 is 1.86 bits per heavy atom. The SMILES string of the molecule is CCOC(=O)C(N)(Cc1ccc(C(=O)C(C)Br)cc1)C(=O)O. The van der Waals surface area contributed by atoms with Gasteiger partial charge in [0.1, 0.15) is 0 Å². The number of ether oxygens (including phenoxy) is 1. The van der Waals surface area contributed by atoms with E-state index >= 15 is 0 Å². The number of carboxylic acids is 1. The number of hydrogen-bond acceptors (Lipinski definition) is 5. The second-order valence-electron chi connectivity index (χ2n) is 4.85. The number of ketones is 1. The van der Waals surface area contributed by atoms with Crippen molar-refractivity contribution in [1.82, 2.24) is 0 Å². The summed E-state index contributed by atoms with van der Waals surface area (Å²) in [7, 11) is 0. The van der Waals surface area contributed by atoms with Crippen molar-refractivity contribution >= 4 is 33.7 Å². The Hall–Kier alpha value is -1.73. The lowest BCUT2D eigenvalue weighted by atomic mass is 9.91. The van der Waals surface area contributed by atoms with Crippen LogP contribution in [-0.2, 0) is 20.7 Å². The molecule has 0 aliphatic heterocycles. The summed E-state index contributed by atoms with van der Waals surface area (Å²) in [5, 5.41) is 9.22. The summed E-state index contributed by atoms with van der Waals surface area (Å²) in [6.07, 6.45) is -0.223. The first-order valence-corrected chi connectivity index (χ1v) is 7.60. The van der Waals surface area contributed by atoms with Crippen molar-refractivity contribution in [3.63, 3.8) is 0 Å². The zero-order valence-electron chi connectivity index (χ0n) is 12.3. The molecular formula is C15H18BrNO5. The van der Waals surface area contributed by atoms with E-state index < -0.39 is 17.5 Å². The van der Waals surface area contributed by atoms with Crippen LogP contribution < -0.4 is 5.73 Å². The van der Waals surface area contributed by atoms with Gasteiger partial charge in [0.25, 0.3) is 0 Å². The number of carbonyl (C=O) groups is 3. The first-order chi connectivity index (χ1) is 10.2. The van der Waals surface area contributed by atoms with Gasteiger partial charge in [0.05, 0.1) is 11.4 Å². The number of carboxylic acid groups (broad SMARTS) is 1. The van der Waals surface area contributed by atoms with E-state index in [-0.39, 0.29) is 23.6 Å². The first-order valence-electron chi connectivity index (χ1n) is 6.69. The molecule has 2 atom stereocenters. The monoisotopic (exact) mass is 371 g/mol. The summed E-state index contributed by atoms with van der Waals surface area (Å²) >= 11 is 3.19. The average Bonchev–Trinajstić information content (AvgIpc) is 2.47. The summed E-state index contributed by atoms with van der Waals surface area (Å²) in [4.78, 5) is 34.6. The maximum absolute atomic E-state index is 11.8. The second-order valence-corrected chi connectivity index (χ2v) is 6.22. The number of rotatable bonds is 7. The normalized spacial score (nSPS) is 14.7. The molecule has 1 aromatic rings. The van der Waals surface area contributed by atoms with Crippen LogP contribution in [0.5, 0.6) is 0 Å². The predicted octanol–water partition coefficient (Wildman–Crippen LogP) is 1.54. The highest BCUT2D eigenvalue weighted by atomic mass is 79.9. The molecule has 3 N–H and O–H groups in total. The van der Waals surface area contributed by atoms with Crippen molar-refractivity contribution in [2.24, 2.45) is 5.73 Å². The van der Waals surface area contributed by atoms with Gasteiger partial charge in [-0.3, -0.25) is 4.79 Å². The maximum Gasteiger partial charge on any atom is 0.338 e. The van der Waals surface area contributed by atoms with E-state index in [9.17, 15) is 19.5 Å². The molecule has 6 nitrogen and oxygen atoms in total. The standard InChI is InChI=1S/C15H18BrNO5/c1-3-22-14(21)15(17,13(19)20)8-10-4-6-11(7-5-10)12(18)9(2)16/h4-7,9H,3,8,17H2,1-2H3,(H,19,20). The highest BCUT2D eigenvalue weighted by Crippen LogP contribution is 2.16. The van der Waals surface area contributed by atoms with Crippen molar-refractivity contribution in [3.8, 4) is 0 Å². The van der Waals surface area contributed by atoms with E-state index in [2.05, 4.69) is 15.9 Å². The van der Waals surface area contributed by atoms with Gasteiger partial charge in [-0.15, -0.1) is 0 Å². The fourth-order valence-electron chi connectivity index (χ4n) is 1.83. The number of Topliss-reactive ketones (excluding diaryl/α,β-unsaturated/α-hetero) is 1. The third kappa shape index (κ3) is 4.14. The minimum absolute atomic E-state index is 0.0433. The molecule has 1 rings (SSSR count). The Morgan fingerprint density at radius 1 is 1.32 bits per heavy atom. The van der Waals surface area contributed by atoms with Crippen LogP contribution in [0.2, 0.25) is 0 Å². The van der Waals surface area contributed by atoms with Gasteiger partial charge in [-0.1, -0.05) is 40.2 Å². The van der Waals surface area contributed by atoms with Gasteiger partial charge in [0, 0.05) is 12.0 Å². The topological polar surface area (TPSA) is 107 Å². The number of carbonyl (C=O) groups excluding carboxylic acids is 2. The average molecular weight is 372 g/mol. The third-order valence-corrected chi connectivity index (χ3v) is 3.52.